The lowest BCUT2D eigenvalue weighted by Crippen LogP contribution is -2.52. The van der Waals surface area contributed by atoms with E-state index >= 15 is 0 Å². The van der Waals surface area contributed by atoms with Crippen molar-refractivity contribution in [2.45, 2.75) is 24.7 Å². The fraction of sp³-hybridized carbons (Fsp3) is 0.611. The van der Waals surface area contributed by atoms with Gasteiger partial charge in [0.15, 0.2) is 0 Å². The van der Waals surface area contributed by atoms with Crippen molar-refractivity contribution in [3.8, 4) is 0 Å². The highest BCUT2D eigenvalue weighted by molar-refractivity contribution is 7.89. The fourth-order valence-corrected chi connectivity index (χ4v) is 5.13. The molecule has 0 unspecified atom stereocenters. The number of rotatable bonds is 4. The number of carbonyl (C=O) groups excluding carboxylic acids is 1. The third-order valence-corrected chi connectivity index (χ3v) is 7.14. The van der Waals surface area contributed by atoms with Gasteiger partial charge in [-0.1, -0.05) is 6.92 Å². The molecule has 1 aromatic carbocycles. The summed E-state index contributed by atoms with van der Waals surface area (Å²) in [6, 6.07) is 2.46. The standard InChI is InChI=1S/C18H25F2N3O3S/c1-14-3-2-6-22(12-14)18(24)13-21-7-9-23(10-8-21)27(25,26)17-5-4-15(19)11-16(17)20/h4-5,11,14H,2-3,6-10,12-13H2,1H3/t14-/m1/s1. The SMILES string of the molecule is C[C@@H]1CCCN(C(=O)CN2CCN(S(=O)(=O)c3ccc(F)cc3F)CC2)C1. The Morgan fingerprint density at radius 2 is 1.85 bits per heavy atom. The number of amides is 1. The Kier molecular flexibility index (Phi) is 6.12. The molecule has 0 saturated carbocycles. The first-order chi connectivity index (χ1) is 12.8. The van der Waals surface area contributed by atoms with Gasteiger partial charge < -0.3 is 4.90 Å². The molecule has 0 radical (unpaired) electrons. The Bertz CT molecular complexity index is 795. The van der Waals surface area contributed by atoms with Crippen molar-refractivity contribution in [2.24, 2.45) is 5.92 Å². The molecular weight excluding hydrogens is 376 g/mol. The summed E-state index contributed by atoms with van der Waals surface area (Å²) in [5.41, 5.74) is 0. The van der Waals surface area contributed by atoms with Gasteiger partial charge in [-0.25, -0.2) is 17.2 Å². The molecule has 3 rings (SSSR count). The summed E-state index contributed by atoms with van der Waals surface area (Å²) >= 11 is 0. The largest absolute Gasteiger partial charge is 0.341 e. The fourth-order valence-electron chi connectivity index (χ4n) is 3.66. The van der Waals surface area contributed by atoms with E-state index in [-0.39, 0.29) is 25.5 Å². The molecule has 1 atom stereocenters. The summed E-state index contributed by atoms with van der Waals surface area (Å²) in [5.74, 6) is -1.33. The molecule has 2 saturated heterocycles. The van der Waals surface area contributed by atoms with Crippen LogP contribution in [-0.2, 0) is 14.8 Å². The summed E-state index contributed by atoms with van der Waals surface area (Å²) in [5, 5.41) is 0. The Morgan fingerprint density at radius 3 is 2.48 bits per heavy atom. The highest BCUT2D eigenvalue weighted by Crippen LogP contribution is 2.22. The third-order valence-electron chi connectivity index (χ3n) is 5.21. The molecule has 150 valence electrons. The van der Waals surface area contributed by atoms with E-state index in [0.29, 0.717) is 25.1 Å². The monoisotopic (exact) mass is 401 g/mol. The molecule has 1 amide bonds. The second-order valence-corrected chi connectivity index (χ2v) is 9.25. The quantitative estimate of drug-likeness (QED) is 0.768. The Labute approximate surface area is 158 Å². The molecule has 0 aromatic heterocycles. The van der Waals surface area contributed by atoms with E-state index in [1.165, 1.54) is 4.31 Å². The number of hydrogen-bond donors (Lipinski definition) is 0. The molecule has 2 aliphatic rings. The van der Waals surface area contributed by atoms with Gasteiger partial charge in [0.05, 0.1) is 6.54 Å². The second-order valence-electron chi connectivity index (χ2n) is 7.34. The molecule has 0 aliphatic carbocycles. The molecule has 0 spiro atoms. The molecule has 9 heteroatoms. The summed E-state index contributed by atoms with van der Waals surface area (Å²) < 4.78 is 53.3. The number of carbonyl (C=O) groups is 1. The predicted octanol–water partition coefficient (Wildman–Crippen LogP) is 1.53. The van der Waals surface area contributed by atoms with Crippen LogP contribution >= 0.6 is 0 Å². The van der Waals surface area contributed by atoms with Crippen molar-refractivity contribution in [1.29, 1.82) is 0 Å². The summed E-state index contributed by atoms with van der Waals surface area (Å²) in [4.78, 5) is 15.7. The van der Waals surface area contributed by atoms with E-state index in [0.717, 1.165) is 38.1 Å². The highest BCUT2D eigenvalue weighted by atomic mass is 32.2. The van der Waals surface area contributed by atoms with E-state index in [1.807, 2.05) is 9.80 Å². The molecule has 2 heterocycles. The average Bonchev–Trinajstić information content (AvgIpc) is 2.62. The lowest BCUT2D eigenvalue weighted by molar-refractivity contribution is -0.134. The van der Waals surface area contributed by atoms with Gasteiger partial charge in [0.2, 0.25) is 15.9 Å². The zero-order valence-electron chi connectivity index (χ0n) is 15.4. The van der Waals surface area contributed by atoms with E-state index in [9.17, 15) is 22.0 Å². The number of likely N-dealkylation sites (tertiary alicyclic amines) is 1. The smallest absolute Gasteiger partial charge is 0.246 e. The van der Waals surface area contributed by atoms with Crippen LogP contribution in [0, 0.1) is 17.6 Å². The van der Waals surface area contributed by atoms with Crippen molar-refractivity contribution in [2.75, 3.05) is 45.8 Å². The Balaban J connectivity index is 1.57. The van der Waals surface area contributed by atoms with Crippen molar-refractivity contribution in [3.63, 3.8) is 0 Å². The number of benzene rings is 1. The molecule has 27 heavy (non-hydrogen) atoms. The average molecular weight is 401 g/mol. The molecule has 1 aromatic rings. The molecule has 2 aliphatic heterocycles. The number of sulfonamides is 1. The maximum Gasteiger partial charge on any atom is 0.246 e. The lowest BCUT2D eigenvalue weighted by Gasteiger charge is -2.36. The first-order valence-electron chi connectivity index (χ1n) is 9.22. The summed E-state index contributed by atoms with van der Waals surface area (Å²) in [7, 11) is -4.02. The summed E-state index contributed by atoms with van der Waals surface area (Å²) in [6.45, 7) is 5.10. The Morgan fingerprint density at radius 1 is 1.15 bits per heavy atom. The van der Waals surface area contributed by atoms with Gasteiger partial charge in [-0.2, -0.15) is 4.31 Å². The number of piperazine rings is 1. The van der Waals surface area contributed by atoms with Crippen LogP contribution in [0.1, 0.15) is 19.8 Å². The van der Waals surface area contributed by atoms with E-state index in [1.54, 1.807) is 0 Å². The molecule has 0 bridgehead atoms. The van der Waals surface area contributed by atoms with Crippen LogP contribution in [0.25, 0.3) is 0 Å². The van der Waals surface area contributed by atoms with Crippen LogP contribution in [0.2, 0.25) is 0 Å². The van der Waals surface area contributed by atoms with Gasteiger partial charge in [-0.3, -0.25) is 9.69 Å². The first kappa shape index (κ1) is 20.2. The Hall–Kier alpha value is -1.58. The van der Waals surface area contributed by atoms with E-state index < -0.39 is 26.6 Å². The zero-order valence-corrected chi connectivity index (χ0v) is 16.2. The van der Waals surface area contributed by atoms with Crippen LogP contribution < -0.4 is 0 Å². The number of nitrogens with zero attached hydrogens (tertiary/aromatic N) is 3. The van der Waals surface area contributed by atoms with E-state index in [2.05, 4.69) is 6.92 Å². The van der Waals surface area contributed by atoms with Crippen molar-refractivity contribution in [3.05, 3.63) is 29.8 Å². The second kappa shape index (κ2) is 8.20. The maximum atomic E-state index is 13.9. The lowest BCUT2D eigenvalue weighted by atomic mass is 10.0. The van der Waals surface area contributed by atoms with Crippen LogP contribution in [-0.4, -0.2) is 74.2 Å². The maximum absolute atomic E-state index is 13.9. The van der Waals surface area contributed by atoms with Crippen LogP contribution in [0.4, 0.5) is 8.78 Å². The van der Waals surface area contributed by atoms with Crippen LogP contribution in [0.3, 0.4) is 0 Å². The van der Waals surface area contributed by atoms with Crippen LogP contribution in [0.5, 0.6) is 0 Å². The van der Waals surface area contributed by atoms with Gasteiger partial charge in [-0.05, 0) is 30.9 Å². The predicted molar refractivity (Wildman–Crippen MR) is 96.5 cm³/mol. The van der Waals surface area contributed by atoms with Gasteiger partial charge in [0.25, 0.3) is 0 Å². The molecule has 2 fully saturated rings. The first-order valence-corrected chi connectivity index (χ1v) is 10.7. The van der Waals surface area contributed by atoms with Gasteiger partial charge in [-0.15, -0.1) is 0 Å². The minimum absolute atomic E-state index is 0.0717. The minimum atomic E-state index is -4.02. The number of halogens is 2. The highest BCUT2D eigenvalue weighted by Gasteiger charge is 2.32. The molecule has 6 nitrogen and oxygen atoms in total. The summed E-state index contributed by atoms with van der Waals surface area (Å²) in [6.07, 6.45) is 2.16. The van der Waals surface area contributed by atoms with Gasteiger partial charge >= 0.3 is 0 Å². The van der Waals surface area contributed by atoms with E-state index in [4.69, 9.17) is 0 Å². The van der Waals surface area contributed by atoms with Crippen molar-refractivity contribution >= 4 is 15.9 Å². The molecule has 0 N–H and O–H groups in total. The van der Waals surface area contributed by atoms with Gasteiger partial charge in [0, 0.05) is 45.3 Å². The third kappa shape index (κ3) is 4.64. The minimum Gasteiger partial charge on any atom is -0.341 e. The number of hydrogen-bond acceptors (Lipinski definition) is 4. The molecular formula is C18H25F2N3O3S. The zero-order chi connectivity index (χ0) is 19.6. The van der Waals surface area contributed by atoms with Crippen molar-refractivity contribution in [1.82, 2.24) is 14.1 Å². The van der Waals surface area contributed by atoms with Crippen molar-refractivity contribution < 1.29 is 22.0 Å². The van der Waals surface area contributed by atoms with Gasteiger partial charge in [0.1, 0.15) is 16.5 Å². The normalized spacial score (nSPS) is 22.8. The van der Waals surface area contributed by atoms with Crippen LogP contribution in [0.15, 0.2) is 23.1 Å². The topological polar surface area (TPSA) is 60.9 Å². The number of piperidine rings is 1.